The second kappa shape index (κ2) is 6.57. The van der Waals surface area contributed by atoms with E-state index in [4.69, 9.17) is 21.6 Å². The maximum atomic E-state index is 11.0. The maximum Gasteiger partial charge on any atom is 0.311 e. The smallest absolute Gasteiger partial charge is 0.311 e. The summed E-state index contributed by atoms with van der Waals surface area (Å²) in [4.78, 5) is 10.4. The molecule has 2 aromatic carbocycles. The van der Waals surface area contributed by atoms with Crippen molar-refractivity contribution < 1.29 is 9.66 Å². The molecule has 0 fully saturated rings. The van der Waals surface area contributed by atoms with Gasteiger partial charge in [-0.3, -0.25) is 10.1 Å². The average molecular weight is 368 g/mol. The number of rotatable bonds is 4. The van der Waals surface area contributed by atoms with E-state index in [1.807, 2.05) is 6.07 Å². The fourth-order valence-corrected chi connectivity index (χ4v) is 2.19. The van der Waals surface area contributed by atoms with E-state index in [2.05, 4.69) is 15.9 Å². The van der Waals surface area contributed by atoms with Crippen molar-refractivity contribution in [2.24, 2.45) is 0 Å². The molecule has 0 heterocycles. The van der Waals surface area contributed by atoms with Crippen LogP contribution < -0.4 is 4.74 Å². The molecule has 0 bridgehead atoms. The van der Waals surface area contributed by atoms with Crippen LogP contribution in [0.15, 0.2) is 36.4 Å². The summed E-state index contributed by atoms with van der Waals surface area (Å²) in [5, 5.41) is 21.0. The van der Waals surface area contributed by atoms with Gasteiger partial charge in [0.2, 0.25) is 5.75 Å². The van der Waals surface area contributed by atoms with Gasteiger partial charge in [0.15, 0.2) is 0 Å². The van der Waals surface area contributed by atoms with Crippen molar-refractivity contribution in [2.75, 3.05) is 0 Å². The Morgan fingerprint density at radius 3 is 2.67 bits per heavy atom. The van der Waals surface area contributed by atoms with E-state index in [1.165, 1.54) is 18.2 Å². The predicted octanol–water partition coefficient (Wildman–Crippen LogP) is 4.81. The molecule has 0 aliphatic carbocycles. The van der Waals surface area contributed by atoms with Crippen molar-refractivity contribution in [3.63, 3.8) is 0 Å². The number of nitrogens with zero attached hydrogens (tertiary/aromatic N) is 2. The highest BCUT2D eigenvalue weighted by Crippen LogP contribution is 2.35. The number of alkyl halides is 1. The first-order valence-corrected chi connectivity index (χ1v) is 7.26. The van der Waals surface area contributed by atoms with Crippen LogP contribution in [-0.4, -0.2) is 4.92 Å². The van der Waals surface area contributed by atoms with Gasteiger partial charge >= 0.3 is 5.69 Å². The number of hydrogen-bond donors (Lipinski definition) is 0. The van der Waals surface area contributed by atoms with E-state index in [-0.39, 0.29) is 17.2 Å². The third-order valence-corrected chi connectivity index (χ3v) is 3.54. The number of halogens is 2. The quantitative estimate of drug-likeness (QED) is 0.441. The first kappa shape index (κ1) is 15.3. The molecular weight excluding hydrogens is 360 g/mol. The lowest BCUT2D eigenvalue weighted by Gasteiger charge is -2.09. The minimum absolute atomic E-state index is 0.00408. The van der Waals surface area contributed by atoms with Crippen LogP contribution in [0, 0.1) is 21.4 Å². The molecule has 0 unspecified atom stereocenters. The number of nitro groups is 1. The molecule has 7 heteroatoms. The molecule has 0 N–H and O–H groups in total. The molecule has 5 nitrogen and oxygen atoms in total. The first-order chi connectivity index (χ1) is 10.0. The predicted molar refractivity (Wildman–Crippen MR) is 82.0 cm³/mol. The highest BCUT2D eigenvalue weighted by molar-refractivity contribution is 9.08. The lowest BCUT2D eigenvalue weighted by atomic mass is 10.1. The zero-order valence-electron chi connectivity index (χ0n) is 10.5. The van der Waals surface area contributed by atoms with Gasteiger partial charge in [-0.15, -0.1) is 0 Å². The Morgan fingerprint density at radius 1 is 1.29 bits per heavy atom. The Bertz CT molecular complexity index is 743. The van der Waals surface area contributed by atoms with Crippen molar-refractivity contribution in [1.29, 1.82) is 5.26 Å². The van der Waals surface area contributed by atoms with E-state index in [1.54, 1.807) is 18.2 Å². The summed E-state index contributed by atoms with van der Waals surface area (Å²) in [7, 11) is 0. The molecule has 106 valence electrons. The summed E-state index contributed by atoms with van der Waals surface area (Å²) >= 11 is 9.13. The van der Waals surface area contributed by atoms with Crippen molar-refractivity contribution in [1.82, 2.24) is 0 Å². The Labute approximate surface area is 134 Å². The molecule has 0 aliphatic rings. The van der Waals surface area contributed by atoms with Crippen LogP contribution in [0.25, 0.3) is 0 Å². The Balaban J connectivity index is 2.45. The van der Waals surface area contributed by atoms with Crippen LogP contribution in [0.2, 0.25) is 5.02 Å². The van der Waals surface area contributed by atoms with Gasteiger partial charge in [0.25, 0.3) is 0 Å². The minimum Gasteiger partial charge on any atom is -0.449 e. The summed E-state index contributed by atoms with van der Waals surface area (Å²) < 4.78 is 5.51. The van der Waals surface area contributed by atoms with Crippen LogP contribution in [0.4, 0.5) is 5.69 Å². The minimum atomic E-state index is -0.565. The van der Waals surface area contributed by atoms with E-state index in [0.717, 1.165) is 5.56 Å². The van der Waals surface area contributed by atoms with Crippen molar-refractivity contribution in [2.45, 2.75) is 5.33 Å². The van der Waals surface area contributed by atoms with Gasteiger partial charge in [0.05, 0.1) is 10.5 Å². The monoisotopic (exact) mass is 366 g/mol. The number of nitro benzene ring substituents is 1. The van der Waals surface area contributed by atoms with Crippen LogP contribution in [0.3, 0.4) is 0 Å². The fourth-order valence-electron chi connectivity index (χ4n) is 1.68. The lowest BCUT2D eigenvalue weighted by Crippen LogP contribution is -1.95. The molecule has 21 heavy (non-hydrogen) atoms. The molecule has 0 saturated carbocycles. The van der Waals surface area contributed by atoms with Crippen LogP contribution in [0.5, 0.6) is 11.5 Å². The van der Waals surface area contributed by atoms with Gasteiger partial charge in [-0.1, -0.05) is 33.6 Å². The highest BCUT2D eigenvalue weighted by atomic mass is 79.9. The number of benzene rings is 2. The molecule has 0 radical (unpaired) electrons. The highest BCUT2D eigenvalue weighted by Gasteiger charge is 2.17. The van der Waals surface area contributed by atoms with Gasteiger partial charge in [-0.25, -0.2) is 0 Å². The van der Waals surface area contributed by atoms with Gasteiger partial charge in [-0.2, -0.15) is 5.26 Å². The Hall–Kier alpha value is -2.10. The topological polar surface area (TPSA) is 76.2 Å². The van der Waals surface area contributed by atoms with Crippen LogP contribution in [-0.2, 0) is 5.33 Å². The Morgan fingerprint density at radius 2 is 2.05 bits per heavy atom. The standard InChI is InChI=1S/C14H8BrClN2O3/c15-7-9-1-4-13(10(5-9)8-17)21-14-6-11(16)2-3-12(14)18(19)20/h1-6H,7H2. The summed E-state index contributed by atoms with van der Waals surface area (Å²) in [6.07, 6.45) is 0. The second-order valence-electron chi connectivity index (χ2n) is 4.05. The fraction of sp³-hybridized carbons (Fsp3) is 0.0714. The van der Waals surface area contributed by atoms with Gasteiger partial charge in [-0.05, 0) is 23.8 Å². The zero-order valence-corrected chi connectivity index (χ0v) is 12.9. The molecule has 0 saturated heterocycles. The number of hydrogen-bond acceptors (Lipinski definition) is 4. The maximum absolute atomic E-state index is 11.0. The molecule has 0 spiro atoms. The first-order valence-electron chi connectivity index (χ1n) is 5.76. The van der Waals surface area contributed by atoms with E-state index in [9.17, 15) is 10.1 Å². The normalized spacial score (nSPS) is 9.95. The van der Waals surface area contributed by atoms with E-state index >= 15 is 0 Å². The second-order valence-corrected chi connectivity index (χ2v) is 5.04. The number of nitriles is 1. The molecule has 0 aromatic heterocycles. The third kappa shape index (κ3) is 3.51. The van der Waals surface area contributed by atoms with Gasteiger partial charge in [0.1, 0.15) is 11.8 Å². The Kier molecular flexibility index (Phi) is 4.78. The molecule has 0 amide bonds. The molecule has 2 aromatic rings. The summed E-state index contributed by atoms with van der Waals surface area (Å²) in [6.45, 7) is 0. The van der Waals surface area contributed by atoms with Crippen LogP contribution >= 0.6 is 27.5 Å². The van der Waals surface area contributed by atoms with Gasteiger partial charge < -0.3 is 4.74 Å². The third-order valence-electron chi connectivity index (χ3n) is 2.66. The average Bonchev–Trinajstić information content (AvgIpc) is 2.47. The summed E-state index contributed by atoms with van der Waals surface area (Å²) in [5.74, 6) is 0.239. The molecule has 0 atom stereocenters. The van der Waals surface area contributed by atoms with E-state index in [0.29, 0.717) is 15.9 Å². The van der Waals surface area contributed by atoms with Crippen molar-refractivity contribution >= 4 is 33.2 Å². The summed E-state index contributed by atoms with van der Waals surface area (Å²) in [5.41, 5.74) is 0.980. The zero-order chi connectivity index (χ0) is 15.4. The van der Waals surface area contributed by atoms with Crippen molar-refractivity contribution in [3.8, 4) is 17.6 Å². The van der Waals surface area contributed by atoms with Crippen molar-refractivity contribution in [3.05, 3.63) is 62.7 Å². The summed E-state index contributed by atoms with van der Waals surface area (Å²) in [6, 6.07) is 11.0. The molecule has 0 aliphatic heterocycles. The van der Waals surface area contributed by atoms with Crippen LogP contribution in [0.1, 0.15) is 11.1 Å². The van der Waals surface area contributed by atoms with E-state index < -0.39 is 4.92 Å². The molecule has 2 rings (SSSR count). The number of ether oxygens (including phenoxy) is 1. The lowest BCUT2D eigenvalue weighted by molar-refractivity contribution is -0.385. The molecular formula is C14H8BrClN2O3. The van der Waals surface area contributed by atoms with Gasteiger partial charge in [0, 0.05) is 22.5 Å². The largest absolute Gasteiger partial charge is 0.449 e. The SMILES string of the molecule is N#Cc1cc(CBr)ccc1Oc1cc(Cl)ccc1[N+](=O)[O-].